The number of methoxy groups -OCH3 is 1. The van der Waals surface area contributed by atoms with Crippen LogP contribution >= 0.6 is 15.9 Å². The molecule has 0 radical (unpaired) electrons. The van der Waals surface area contributed by atoms with Gasteiger partial charge in [0.15, 0.2) is 0 Å². The molecule has 1 aliphatic rings. The SMILES string of the molecule is COC(=O)c1ccc(CN2C(=O)N/C(=C\c3cccn3-c3ccc(Br)cc3)C2=O)o1. The van der Waals surface area contributed by atoms with E-state index in [1.165, 1.54) is 19.2 Å². The summed E-state index contributed by atoms with van der Waals surface area (Å²) >= 11 is 3.41. The number of nitrogens with one attached hydrogen (secondary N) is 1. The topological polar surface area (TPSA) is 93.8 Å². The minimum absolute atomic E-state index is 0.00245. The molecule has 30 heavy (non-hydrogen) atoms. The zero-order valence-electron chi connectivity index (χ0n) is 15.8. The molecular formula is C21H16BrN3O5. The maximum atomic E-state index is 12.8. The van der Waals surface area contributed by atoms with Gasteiger partial charge in [-0.05, 0) is 54.6 Å². The van der Waals surface area contributed by atoms with Crippen molar-refractivity contribution in [2.24, 2.45) is 0 Å². The molecule has 3 heterocycles. The highest BCUT2D eigenvalue weighted by atomic mass is 79.9. The van der Waals surface area contributed by atoms with Gasteiger partial charge in [0.25, 0.3) is 5.91 Å². The van der Waals surface area contributed by atoms with Gasteiger partial charge in [-0.3, -0.25) is 9.69 Å². The summed E-state index contributed by atoms with van der Waals surface area (Å²) < 4.78 is 12.8. The average molecular weight is 470 g/mol. The third-order valence-corrected chi connectivity index (χ3v) is 5.03. The Morgan fingerprint density at radius 1 is 1.17 bits per heavy atom. The van der Waals surface area contributed by atoms with Gasteiger partial charge in [0.1, 0.15) is 11.5 Å². The number of urea groups is 1. The monoisotopic (exact) mass is 469 g/mol. The Labute approximate surface area is 179 Å². The van der Waals surface area contributed by atoms with Crippen LogP contribution in [0.15, 0.2) is 69.3 Å². The van der Waals surface area contributed by atoms with Crippen LogP contribution in [-0.2, 0) is 16.1 Å². The largest absolute Gasteiger partial charge is 0.463 e. The minimum atomic E-state index is -0.632. The van der Waals surface area contributed by atoms with E-state index in [2.05, 4.69) is 26.0 Å². The summed E-state index contributed by atoms with van der Waals surface area (Å²) in [4.78, 5) is 37.6. The van der Waals surface area contributed by atoms with Crippen molar-refractivity contribution in [2.75, 3.05) is 7.11 Å². The molecule has 9 heteroatoms. The van der Waals surface area contributed by atoms with Crippen molar-refractivity contribution < 1.29 is 23.5 Å². The zero-order valence-corrected chi connectivity index (χ0v) is 17.4. The summed E-state index contributed by atoms with van der Waals surface area (Å²) in [6.07, 6.45) is 3.48. The molecule has 0 bridgehead atoms. The second kappa shape index (κ2) is 8.03. The number of benzene rings is 1. The summed E-state index contributed by atoms with van der Waals surface area (Å²) in [5.41, 5.74) is 1.79. The maximum absolute atomic E-state index is 12.8. The fourth-order valence-corrected chi connectivity index (χ4v) is 3.30. The summed E-state index contributed by atoms with van der Waals surface area (Å²) in [5, 5.41) is 2.59. The number of aromatic nitrogens is 1. The first kappa shape index (κ1) is 19.7. The molecule has 4 rings (SSSR count). The van der Waals surface area contributed by atoms with Crippen LogP contribution in [0.1, 0.15) is 22.0 Å². The van der Waals surface area contributed by atoms with Crippen LogP contribution in [0, 0.1) is 0 Å². The molecule has 2 aromatic heterocycles. The van der Waals surface area contributed by atoms with E-state index in [0.717, 1.165) is 20.8 Å². The van der Waals surface area contributed by atoms with Crippen molar-refractivity contribution in [3.05, 3.63) is 82.1 Å². The lowest BCUT2D eigenvalue weighted by Gasteiger charge is -2.09. The molecule has 1 N–H and O–H groups in total. The maximum Gasteiger partial charge on any atom is 0.373 e. The summed E-state index contributed by atoms with van der Waals surface area (Å²) in [6, 6.07) is 13.8. The van der Waals surface area contributed by atoms with E-state index in [9.17, 15) is 14.4 Å². The number of hydrogen-bond acceptors (Lipinski definition) is 5. The number of furan rings is 1. The number of carbonyl (C=O) groups is 3. The van der Waals surface area contributed by atoms with Gasteiger partial charge in [-0.15, -0.1) is 0 Å². The molecule has 0 spiro atoms. The molecule has 1 fully saturated rings. The Bertz CT molecular complexity index is 1160. The van der Waals surface area contributed by atoms with E-state index in [0.29, 0.717) is 5.76 Å². The average Bonchev–Trinajstić information content (AvgIpc) is 3.45. The summed E-state index contributed by atoms with van der Waals surface area (Å²) in [7, 11) is 1.24. The van der Waals surface area contributed by atoms with Gasteiger partial charge in [0, 0.05) is 22.1 Å². The van der Waals surface area contributed by atoms with Crippen molar-refractivity contribution in [3.8, 4) is 5.69 Å². The van der Waals surface area contributed by atoms with Gasteiger partial charge >= 0.3 is 12.0 Å². The molecule has 0 aliphatic carbocycles. The number of esters is 1. The third kappa shape index (κ3) is 3.79. The quantitative estimate of drug-likeness (QED) is 0.349. The smallest absolute Gasteiger partial charge is 0.373 e. The second-order valence-electron chi connectivity index (χ2n) is 6.42. The lowest BCUT2D eigenvalue weighted by Crippen LogP contribution is -2.30. The van der Waals surface area contributed by atoms with Crippen LogP contribution in [0.3, 0.4) is 0 Å². The molecule has 0 atom stereocenters. The van der Waals surface area contributed by atoms with Crippen molar-refractivity contribution in [2.45, 2.75) is 6.54 Å². The molecule has 1 saturated heterocycles. The van der Waals surface area contributed by atoms with Crippen LogP contribution in [0.2, 0.25) is 0 Å². The number of hydrogen-bond donors (Lipinski definition) is 1. The number of carbonyl (C=O) groups excluding carboxylic acids is 3. The van der Waals surface area contributed by atoms with Gasteiger partial charge in [-0.2, -0.15) is 0 Å². The number of amides is 3. The van der Waals surface area contributed by atoms with E-state index >= 15 is 0 Å². The van der Waals surface area contributed by atoms with Crippen LogP contribution < -0.4 is 5.32 Å². The molecule has 3 aromatic rings. The van der Waals surface area contributed by atoms with Crippen LogP contribution in [0.5, 0.6) is 0 Å². The summed E-state index contributed by atoms with van der Waals surface area (Å²) in [5.74, 6) is -0.826. The lowest BCUT2D eigenvalue weighted by atomic mass is 10.2. The molecule has 0 unspecified atom stereocenters. The first-order valence-electron chi connectivity index (χ1n) is 8.91. The molecule has 3 amide bonds. The Morgan fingerprint density at radius 3 is 2.67 bits per heavy atom. The molecule has 8 nitrogen and oxygen atoms in total. The van der Waals surface area contributed by atoms with Gasteiger partial charge < -0.3 is 19.0 Å². The van der Waals surface area contributed by atoms with E-state index < -0.39 is 17.9 Å². The first-order chi connectivity index (χ1) is 14.5. The molecular weight excluding hydrogens is 454 g/mol. The highest BCUT2D eigenvalue weighted by Crippen LogP contribution is 2.21. The normalized spacial score (nSPS) is 15.0. The number of halogens is 1. The Balaban J connectivity index is 1.55. The van der Waals surface area contributed by atoms with E-state index in [4.69, 9.17) is 4.42 Å². The van der Waals surface area contributed by atoms with E-state index in [1.807, 2.05) is 47.2 Å². The van der Waals surface area contributed by atoms with Crippen LogP contribution in [-0.4, -0.2) is 34.5 Å². The van der Waals surface area contributed by atoms with Gasteiger partial charge in [-0.25, -0.2) is 9.59 Å². The highest BCUT2D eigenvalue weighted by Gasteiger charge is 2.34. The van der Waals surface area contributed by atoms with Crippen molar-refractivity contribution in [1.29, 1.82) is 0 Å². The van der Waals surface area contributed by atoms with Crippen molar-refractivity contribution in [1.82, 2.24) is 14.8 Å². The molecule has 1 aliphatic heterocycles. The lowest BCUT2D eigenvalue weighted by molar-refractivity contribution is -0.123. The summed E-state index contributed by atoms with van der Waals surface area (Å²) in [6.45, 7) is -0.104. The Kier molecular flexibility index (Phi) is 5.28. The molecule has 0 saturated carbocycles. The fourth-order valence-electron chi connectivity index (χ4n) is 3.04. The molecule has 152 valence electrons. The third-order valence-electron chi connectivity index (χ3n) is 4.50. The van der Waals surface area contributed by atoms with E-state index in [-0.39, 0.29) is 18.0 Å². The first-order valence-corrected chi connectivity index (χ1v) is 9.70. The standard InChI is InChI=1S/C21H16BrN3O5/c1-29-20(27)18-9-8-16(30-18)12-25-19(26)17(23-21(25)28)11-15-3-2-10-24(15)14-6-4-13(22)5-7-14/h2-11H,12H2,1H3,(H,23,28)/b17-11-. The van der Waals surface area contributed by atoms with Gasteiger partial charge in [0.05, 0.1) is 13.7 Å². The predicted molar refractivity (Wildman–Crippen MR) is 111 cm³/mol. The minimum Gasteiger partial charge on any atom is -0.463 e. The number of rotatable bonds is 5. The number of nitrogens with zero attached hydrogens (tertiary/aromatic N) is 2. The number of imide groups is 1. The molecule has 1 aromatic carbocycles. The van der Waals surface area contributed by atoms with Crippen molar-refractivity contribution >= 4 is 39.9 Å². The number of ether oxygens (including phenoxy) is 1. The van der Waals surface area contributed by atoms with Gasteiger partial charge in [0.2, 0.25) is 5.76 Å². The Morgan fingerprint density at radius 2 is 1.93 bits per heavy atom. The van der Waals surface area contributed by atoms with Crippen LogP contribution in [0.4, 0.5) is 4.79 Å². The second-order valence-corrected chi connectivity index (χ2v) is 7.33. The fraction of sp³-hybridized carbons (Fsp3) is 0.0952. The zero-order chi connectivity index (χ0) is 21.3. The predicted octanol–water partition coefficient (Wildman–Crippen LogP) is 3.71. The Hall–Kier alpha value is -3.59. The van der Waals surface area contributed by atoms with Crippen LogP contribution in [0.25, 0.3) is 11.8 Å². The van der Waals surface area contributed by atoms with Crippen molar-refractivity contribution in [3.63, 3.8) is 0 Å². The van der Waals surface area contributed by atoms with Gasteiger partial charge in [-0.1, -0.05) is 15.9 Å². The highest BCUT2D eigenvalue weighted by molar-refractivity contribution is 9.10. The van der Waals surface area contributed by atoms with E-state index in [1.54, 1.807) is 6.08 Å².